The minimum Gasteiger partial charge on any atom is -0.381 e. The summed E-state index contributed by atoms with van der Waals surface area (Å²) in [6, 6.07) is 6.38. The summed E-state index contributed by atoms with van der Waals surface area (Å²) in [5, 5.41) is 15.2. The van der Waals surface area contributed by atoms with Gasteiger partial charge in [0.25, 0.3) is 0 Å². The number of fused-ring (bicyclic) bond motifs is 1. The maximum atomic E-state index is 5.42. The normalized spacial score (nSPS) is 11.3. The highest BCUT2D eigenvalue weighted by Gasteiger charge is 2.15. The van der Waals surface area contributed by atoms with Gasteiger partial charge >= 0.3 is 0 Å². The summed E-state index contributed by atoms with van der Waals surface area (Å²) in [7, 11) is 0. The molecule has 0 saturated heterocycles. The van der Waals surface area contributed by atoms with Crippen LogP contribution in [0.15, 0.2) is 29.4 Å². The molecule has 0 aliphatic rings. The third kappa shape index (κ3) is 3.30. The van der Waals surface area contributed by atoms with Crippen molar-refractivity contribution in [3.63, 3.8) is 0 Å². The molecule has 3 aromatic rings. The van der Waals surface area contributed by atoms with Crippen LogP contribution in [0, 0.1) is 20.8 Å². The van der Waals surface area contributed by atoms with Crippen LogP contribution in [0.2, 0.25) is 0 Å². The van der Waals surface area contributed by atoms with E-state index in [0.29, 0.717) is 6.61 Å². The molecule has 0 aliphatic carbocycles. The SMILES string of the molecule is CCOCCSc1nnc(C)c2cnn(-c3ccc(C)c(C)c3)c12. The molecule has 2 heterocycles. The predicted molar refractivity (Wildman–Crippen MR) is 98.1 cm³/mol. The fourth-order valence-electron chi connectivity index (χ4n) is 2.53. The standard InChI is InChI=1S/C18H22N4OS/c1-5-23-8-9-24-18-17-16(14(4)20-21-18)11-19-22(17)15-7-6-12(2)13(3)10-15/h6-7,10-11H,5,8-9H2,1-4H3. The van der Waals surface area contributed by atoms with Crippen molar-refractivity contribution in [1.82, 2.24) is 20.0 Å². The van der Waals surface area contributed by atoms with Crippen LogP contribution in [0.1, 0.15) is 23.7 Å². The monoisotopic (exact) mass is 342 g/mol. The third-order valence-corrected chi connectivity index (χ3v) is 4.98. The van der Waals surface area contributed by atoms with Crippen LogP contribution in [0.25, 0.3) is 16.6 Å². The molecular formula is C18H22N4OS. The first-order chi connectivity index (χ1) is 11.6. The van der Waals surface area contributed by atoms with Crippen LogP contribution in [-0.2, 0) is 4.74 Å². The Bertz CT molecular complexity index is 860. The lowest BCUT2D eigenvalue weighted by Gasteiger charge is -2.09. The van der Waals surface area contributed by atoms with Crippen LogP contribution in [0.5, 0.6) is 0 Å². The van der Waals surface area contributed by atoms with Gasteiger partial charge in [0.05, 0.1) is 24.2 Å². The average molecular weight is 342 g/mol. The van der Waals surface area contributed by atoms with Crippen molar-refractivity contribution in [1.29, 1.82) is 0 Å². The lowest BCUT2D eigenvalue weighted by molar-refractivity contribution is 0.164. The van der Waals surface area contributed by atoms with E-state index in [9.17, 15) is 0 Å². The van der Waals surface area contributed by atoms with Gasteiger partial charge < -0.3 is 4.74 Å². The Morgan fingerprint density at radius 1 is 1.12 bits per heavy atom. The van der Waals surface area contributed by atoms with Gasteiger partial charge in [-0.15, -0.1) is 5.10 Å². The van der Waals surface area contributed by atoms with Crippen molar-refractivity contribution in [2.75, 3.05) is 19.0 Å². The molecule has 6 heteroatoms. The molecule has 3 rings (SSSR count). The van der Waals surface area contributed by atoms with Crippen LogP contribution in [-0.4, -0.2) is 38.9 Å². The summed E-state index contributed by atoms with van der Waals surface area (Å²) >= 11 is 1.66. The fraction of sp³-hybridized carbons (Fsp3) is 0.389. The van der Waals surface area contributed by atoms with Crippen molar-refractivity contribution in [2.45, 2.75) is 32.7 Å². The van der Waals surface area contributed by atoms with Gasteiger partial charge in [0, 0.05) is 17.7 Å². The first-order valence-corrected chi connectivity index (χ1v) is 9.09. The maximum absolute atomic E-state index is 5.42. The maximum Gasteiger partial charge on any atom is 0.145 e. The molecule has 0 unspecified atom stereocenters. The number of hydrogen-bond donors (Lipinski definition) is 0. The average Bonchev–Trinajstić information content (AvgIpc) is 3.02. The number of nitrogens with zero attached hydrogens (tertiary/aromatic N) is 4. The molecule has 0 amide bonds. The van der Waals surface area contributed by atoms with Crippen LogP contribution >= 0.6 is 11.8 Å². The minimum absolute atomic E-state index is 0.704. The molecule has 126 valence electrons. The van der Waals surface area contributed by atoms with Crippen molar-refractivity contribution in [2.24, 2.45) is 0 Å². The molecule has 1 aromatic carbocycles. The summed E-state index contributed by atoms with van der Waals surface area (Å²) in [5.41, 5.74) is 5.49. The second-order valence-corrected chi connectivity index (χ2v) is 6.81. The van der Waals surface area contributed by atoms with Gasteiger partial charge in [0.15, 0.2) is 0 Å². The molecule has 0 fully saturated rings. The molecule has 0 atom stereocenters. The zero-order valence-corrected chi connectivity index (χ0v) is 15.4. The summed E-state index contributed by atoms with van der Waals surface area (Å²) in [5.74, 6) is 0.846. The third-order valence-electron chi connectivity index (χ3n) is 4.06. The van der Waals surface area contributed by atoms with E-state index in [1.54, 1.807) is 11.8 Å². The van der Waals surface area contributed by atoms with E-state index in [-0.39, 0.29) is 0 Å². The highest BCUT2D eigenvalue weighted by atomic mass is 32.2. The zero-order valence-electron chi connectivity index (χ0n) is 14.5. The quantitative estimate of drug-likeness (QED) is 0.503. The molecule has 0 bridgehead atoms. The van der Waals surface area contributed by atoms with Crippen LogP contribution in [0.3, 0.4) is 0 Å². The zero-order chi connectivity index (χ0) is 17.1. The van der Waals surface area contributed by atoms with Crippen LogP contribution in [0.4, 0.5) is 0 Å². The summed E-state index contributed by atoms with van der Waals surface area (Å²) in [6.07, 6.45) is 1.88. The lowest BCUT2D eigenvalue weighted by atomic mass is 10.1. The van der Waals surface area contributed by atoms with Gasteiger partial charge in [0.1, 0.15) is 10.5 Å². The van der Waals surface area contributed by atoms with E-state index in [4.69, 9.17) is 4.74 Å². The van der Waals surface area contributed by atoms with Crippen molar-refractivity contribution >= 4 is 22.7 Å². The van der Waals surface area contributed by atoms with Crippen molar-refractivity contribution < 1.29 is 4.74 Å². The molecule has 0 N–H and O–H groups in total. The largest absolute Gasteiger partial charge is 0.381 e. The molecule has 0 saturated carbocycles. The highest BCUT2D eigenvalue weighted by molar-refractivity contribution is 7.99. The molecule has 0 spiro atoms. The number of thioether (sulfide) groups is 1. The predicted octanol–water partition coefficient (Wildman–Crippen LogP) is 3.87. The first kappa shape index (κ1) is 16.9. The molecule has 24 heavy (non-hydrogen) atoms. The number of aromatic nitrogens is 4. The number of ether oxygens (including phenoxy) is 1. The van der Waals surface area contributed by atoms with Gasteiger partial charge in [-0.3, -0.25) is 0 Å². The van der Waals surface area contributed by atoms with E-state index in [2.05, 4.69) is 47.3 Å². The highest BCUT2D eigenvalue weighted by Crippen LogP contribution is 2.29. The summed E-state index contributed by atoms with van der Waals surface area (Å²) in [4.78, 5) is 0. The van der Waals surface area contributed by atoms with E-state index in [1.165, 1.54) is 11.1 Å². The Morgan fingerprint density at radius 2 is 1.96 bits per heavy atom. The van der Waals surface area contributed by atoms with Gasteiger partial charge in [-0.05, 0) is 51.0 Å². The molecule has 0 radical (unpaired) electrons. The summed E-state index contributed by atoms with van der Waals surface area (Å²) < 4.78 is 7.39. The Balaban J connectivity index is 2.04. The Kier molecular flexibility index (Phi) is 5.16. The van der Waals surface area contributed by atoms with Crippen molar-refractivity contribution in [3.05, 3.63) is 41.2 Å². The van der Waals surface area contributed by atoms with Gasteiger partial charge in [-0.25, -0.2) is 4.68 Å². The molecular weight excluding hydrogens is 320 g/mol. The Labute approximate surface area is 146 Å². The van der Waals surface area contributed by atoms with E-state index < -0.39 is 0 Å². The lowest BCUT2D eigenvalue weighted by Crippen LogP contribution is -2.02. The van der Waals surface area contributed by atoms with E-state index in [1.807, 2.05) is 24.7 Å². The number of benzene rings is 1. The number of rotatable bonds is 6. The molecule has 2 aromatic heterocycles. The Hall–Kier alpha value is -1.92. The Morgan fingerprint density at radius 3 is 2.71 bits per heavy atom. The van der Waals surface area contributed by atoms with Gasteiger partial charge in [-0.1, -0.05) is 17.8 Å². The summed E-state index contributed by atoms with van der Waals surface area (Å²) in [6.45, 7) is 9.64. The van der Waals surface area contributed by atoms with Crippen molar-refractivity contribution in [3.8, 4) is 5.69 Å². The van der Waals surface area contributed by atoms with Crippen LogP contribution < -0.4 is 0 Å². The number of hydrogen-bond acceptors (Lipinski definition) is 5. The minimum atomic E-state index is 0.704. The second-order valence-electron chi connectivity index (χ2n) is 5.72. The molecule has 5 nitrogen and oxygen atoms in total. The van der Waals surface area contributed by atoms with E-state index in [0.717, 1.165) is 39.7 Å². The topological polar surface area (TPSA) is 52.8 Å². The van der Waals surface area contributed by atoms with E-state index >= 15 is 0 Å². The van der Waals surface area contributed by atoms with Gasteiger partial charge in [0.2, 0.25) is 0 Å². The number of aryl methyl sites for hydroxylation is 3. The second kappa shape index (κ2) is 7.32. The first-order valence-electron chi connectivity index (χ1n) is 8.11. The van der Waals surface area contributed by atoms with Gasteiger partial charge in [-0.2, -0.15) is 10.2 Å². The molecule has 0 aliphatic heterocycles. The smallest absolute Gasteiger partial charge is 0.145 e. The fourth-order valence-corrected chi connectivity index (χ4v) is 3.36.